The molecule has 5 nitrogen and oxygen atoms in total. The molecule has 2 rings (SSSR count). The van der Waals surface area contributed by atoms with Crippen molar-refractivity contribution in [2.45, 2.75) is 44.9 Å². The number of ether oxygens (including phenoxy) is 2. The van der Waals surface area contributed by atoms with Crippen LogP contribution in [0.4, 0.5) is 4.79 Å². The van der Waals surface area contributed by atoms with Gasteiger partial charge in [0.2, 0.25) is 0 Å². The third-order valence-electron chi connectivity index (χ3n) is 3.05. The Balaban J connectivity index is 1.65. The number of nitrogens with zero attached hydrogens (tertiary/aromatic N) is 1. The van der Waals surface area contributed by atoms with Crippen LogP contribution >= 0.6 is 0 Å². The van der Waals surface area contributed by atoms with E-state index in [0.29, 0.717) is 6.04 Å². The Bertz CT molecular complexity index is 276. The van der Waals surface area contributed by atoms with E-state index in [1.807, 2.05) is 20.8 Å². The van der Waals surface area contributed by atoms with Crippen LogP contribution in [0.25, 0.3) is 0 Å². The van der Waals surface area contributed by atoms with Gasteiger partial charge in [-0.15, -0.1) is 0 Å². The van der Waals surface area contributed by atoms with Crippen LogP contribution in [0.5, 0.6) is 0 Å². The standard InChI is InChI=1S/C12H22N2O3/c1-12(2,3)17-11(15)13-9-6-14(7-9)10-4-5-16-8-10/h9-10H,4-8H2,1-3H3,(H,13,15)/t10-/m0/s1. The molecule has 2 fully saturated rings. The summed E-state index contributed by atoms with van der Waals surface area (Å²) in [6.07, 6.45) is 0.795. The number of carbonyl (C=O) groups is 1. The van der Waals surface area contributed by atoms with Crippen molar-refractivity contribution in [1.29, 1.82) is 0 Å². The number of alkyl carbamates (subject to hydrolysis) is 1. The fraction of sp³-hybridized carbons (Fsp3) is 0.917. The Morgan fingerprint density at radius 3 is 2.65 bits per heavy atom. The minimum atomic E-state index is -0.424. The molecule has 2 aliphatic rings. The molecule has 0 spiro atoms. The Labute approximate surface area is 102 Å². The lowest BCUT2D eigenvalue weighted by Gasteiger charge is -2.42. The zero-order valence-corrected chi connectivity index (χ0v) is 10.9. The van der Waals surface area contributed by atoms with Crippen LogP contribution in [0.3, 0.4) is 0 Å². The van der Waals surface area contributed by atoms with Crippen molar-refractivity contribution in [3.8, 4) is 0 Å². The fourth-order valence-electron chi connectivity index (χ4n) is 2.19. The largest absolute Gasteiger partial charge is 0.444 e. The van der Waals surface area contributed by atoms with Gasteiger partial charge in [-0.25, -0.2) is 4.79 Å². The predicted octanol–water partition coefficient (Wildman–Crippen LogP) is 0.984. The van der Waals surface area contributed by atoms with Gasteiger partial charge in [-0.1, -0.05) is 0 Å². The van der Waals surface area contributed by atoms with Gasteiger partial charge >= 0.3 is 6.09 Å². The molecule has 0 unspecified atom stereocenters. The van der Waals surface area contributed by atoms with Crippen molar-refractivity contribution >= 4 is 6.09 Å². The molecule has 2 heterocycles. The van der Waals surface area contributed by atoms with E-state index in [1.165, 1.54) is 0 Å². The molecule has 5 heteroatoms. The molecule has 0 saturated carbocycles. The number of rotatable bonds is 2. The van der Waals surface area contributed by atoms with Gasteiger partial charge in [0.1, 0.15) is 5.60 Å². The summed E-state index contributed by atoms with van der Waals surface area (Å²) in [5.41, 5.74) is -0.424. The van der Waals surface area contributed by atoms with Gasteiger partial charge in [0.25, 0.3) is 0 Å². The van der Waals surface area contributed by atoms with Crippen molar-refractivity contribution in [3.05, 3.63) is 0 Å². The van der Waals surface area contributed by atoms with Crippen LogP contribution in [-0.4, -0.2) is 55.0 Å². The topological polar surface area (TPSA) is 50.8 Å². The molecule has 2 aliphatic heterocycles. The molecule has 1 atom stereocenters. The van der Waals surface area contributed by atoms with Gasteiger partial charge in [0.15, 0.2) is 0 Å². The maximum absolute atomic E-state index is 11.5. The monoisotopic (exact) mass is 242 g/mol. The lowest BCUT2D eigenvalue weighted by molar-refractivity contribution is 0.0304. The fourth-order valence-corrected chi connectivity index (χ4v) is 2.19. The number of hydrogen-bond donors (Lipinski definition) is 1. The first-order valence-corrected chi connectivity index (χ1v) is 6.25. The zero-order chi connectivity index (χ0) is 12.5. The van der Waals surface area contributed by atoms with Crippen LogP contribution in [0.1, 0.15) is 27.2 Å². The SMILES string of the molecule is CC(C)(C)OC(=O)NC1CN([C@H]2CCOC2)C1. The minimum Gasteiger partial charge on any atom is -0.444 e. The average molecular weight is 242 g/mol. The highest BCUT2D eigenvalue weighted by Crippen LogP contribution is 2.19. The number of hydrogen-bond acceptors (Lipinski definition) is 4. The second kappa shape index (κ2) is 4.82. The molecule has 2 saturated heterocycles. The van der Waals surface area contributed by atoms with Crippen LogP contribution in [0.2, 0.25) is 0 Å². The summed E-state index contributed by atoms with van der Waals surface area (Å²) in [5.74, 6) is 0. The van der Waals surface area contributed by atoms with E-state index in [2.05, 4.69) is 10.2 Å². The number of amides is 1. The first-order valence-electron chi connectivity index (χ1n) is 6.25. The van der Waals surface area contributed by atoms with Gasteiger partial charge in [-0.05, 0) is 27.2 Å². The summed E-state index contributed by atoms with van der Waals surface area (Å²) in [5, 5.41) is 2.88. The third-order valence-corrected chi connectivity index (χ3v) is 3.05. The molecule has 0 aromatic heterocycles. The molecule has 0 bridgehead atoms. The van der Waals surface area contributed by atoms with Gasteiger partial charge < -0.3 is 14.8 Å². The van der Waals surface area contributed by atoms with Gasteiger partial charge in [0.05, 0.1) is 12.6 Å². The summed E-state index contributed by atoms with van der Waals surface area (Å²) in [6.45, 7) is 9.13. The van der Waals surface area contributed by atoms with Gasteiger partial charge in [-0.2, -0.15) is 0 Å². The van der Waals surface area contributed by atoms with Crippen molar-refractivity contribution in [1.82, 2.24) is 10.2 Å². The zero-order valence-electron chi connectivity index (χ0n) is 10.9. The maximum Gasteiger partial charge on any atom is 0.407 e. The normalized spacial score (nSPS) is 26.6. The molecule has 0 aromatic rings. The average Bonchev–Trinajstić information content (AvgIpc) is 2.59. The van der Waals surface area contributed by atoms with Crippen molar-refractivity contribution < 1.29 is 14.3 Å². The molecular formula is C12H22N2O3. The highest BCUT2D eigenvalue weighted by Gasteiger charge is 2.35. The number of nitrogens with one attached hydrogen (secondary N) is 1. The van der Waals surface area contributed by atoms with E-state index in [1.54, 1.807) is 0 Å². The van der Waals surface area contributed by atoms with Gasteiger partial charge in [-0.3, -0.25) is 4.90 Å². The van der Waals surface area contributed by atoms with E-state index >= 15 is 0 Å². The van der Waals surface area contributed by atoms with E-state index in [-0.39, 0.29) is 12.1 Å². The highest BCUT2D eigenvalue weighted by atomic mass is 16.6. The maximum atomic E-state index is 11.5. The summed E-state index contributed by atoms with van der Waals surface area (Å²) in [7, 11) is 0. The third kappa shape index (κ3) is 3.57. The Kier molecular flexibility index (Phi) is 3.58. The Hall–Kier alpha value is -0.810. The quantitative estimate of drug-likeness (QED) is 0.784. The van der Waals surface area contributed by atoms with Crippen molar-refractivity contribution in [3.63, 3.8) is 0 Å². The van der Waals surface area contributed by atoms with Crippen LogP contribution < -0.4 is 5.32 Å². The smallest absolute Gasteiger partial charge is 0.407 e. The van der Waals surface area contributed by atoms with Crippen molar-refractivity contribution in [2.24, 2.45) is 0 Å². The molecule has 0 radical (unpaired) electrons. The lowest BCUT2D eigenvalue weighted by Crippen LogP contribution is -2.62. The second-order valence-electron chi connectivity index (χ2n) is 5.81. The lowest BCUT2D eigenvalue weighted by atomic mass is 10.1. The minimum absolute atomic E-state index is 0.227. The van der Waals surface area contributed by atoms with Crippen molar-refractivity contribution in [2.75, 3.05) is 26.3 Å². The molecule has 17 heavy (non-hydrogen) atoms. The highest BCUT2D eigenvalue weighted by molar-refractivity contribution is 5.68. The first-order chi connectivity index (χ1) is 7.94. The summed E-state index contributed by atoms with van der Waals surface area (Å²) < 4.78 is 10.6. The van der Waals surface area contributed by atoms with Crippen LogP contribution in [0, 0.1) is 0 Å². The van der Waals surface area contributed by atoms with E-state index in [4.69, 9.17) is 9.47 Å². The van der Waals surface area contributed by atoms with Gasteiger partial charge in [0, 0.05) is 25.7 Å². The van der Waals surface area contributed by atoms with E-state index < -0.39 is 5.60 Å². The molecular weight excluding hydrogens is 220 g/mol. The summed E-state index contributed by atoms with van der Waals surface area (Å²) >= 11 is 0. The number of likely N-dealkylation sites (tertiary alicyclic amines) is 1. The second-order valence-corrected chi connectivity index (χ2v) is 5.81. The molecule has 1 N–H and O–H groups in total. The summed E-state index contributed by atoms with van der Waals surface area (Å²) in [4.78, 5) is 13.9. The molecule has 98 valence electrons. The summed E-state index contributed by atoms with van der Waals surface area (Å²) in [6, 6.07) is 0.775. The molecule has 0 aliphatic carbocycles. The van der Waals surface area contributed by atoms with E-state index in [9.17, 15) is 4.79 Å². The van der Waals surface area contributed by atoms with E-state index in [0.717, 1.165) is 32.7 Å². The predicted molar refractivity (Wildman–Crippen MR) is 64.0 cm³/mol. The molecule has 0 aromatic carbocycles. The van der Waals surface area contributed by atoms with Crippen LogP contribution in [0.15, 0.2) is 0 Å². The number of carbonyl (C=O) groups excluding carboxylic acids is 1. The molecule has 1 amide bonds. The Morgan fingerprint density at radius 2 is 2.12 bits per heavy atom. The van der Waals surface area contributed by atoms with Crippen LogP contribution in [-0.2, 0) is 9.47 Å². The Morgan fingerprint density at radius 1 is 1.41 bits per heavy atom. The first kappa shape index (κ1) is 12.6.